The Hall–Kier alpha value is -3.12. The lowest BCUT2D eigenvalue weighted by molar-refractivity contribution is 0.525. The molecule has 0 atom stereocenters. The van der Waals surface area contributed by atoms with Gasteiger partial charge >= 0.3 is 5.76 Å². The molecule has 0 amide bonds. The van der Waals surface area contributed by atoms with Crippen LogP contribution in [-0.4, -0.2) is 28.3 Å². The van der Waals surface area contributed by atoms with Crippen LogP contribution in [0.3, 0.4) is 0 Å². The molecular weight excluding hydrogens is 388 g/mol. The lowest BCUT2D eigenvalue weighted by Gasteiger charge is -2.30. The summed E-state index contributed by atoms with van der Waals surface area (Å²) in [5.74, 6) is 0.437. The van der Waals surface area contributed by atoms with E-state index < -0.39 is 5.76 Å². The summed E-state index contributed by atoms with van der Waals surface area (Å²) >= 11 is 6.34. The number of fused-ring (bicyclic) bond motifs is 1. The predicted molar refractivity (Wildman–Crippen MR) is 114 cm³/mol. The molecule has 1 fully saturated rings. The highest BCUT2D eigenvalue weighted by Crippen LogP contribution is 2.43. The molecule has 1 aliphatic heterocycles. The third kappa shape index (κ3) is 3.29. The molecular formula is C22H19ClN4O2. The molecule has 3 heterocycles. The Kier molecular flexibility index (Phi) is 4.56. The second kappa shape index (κ2) is 7.37. The Morgan fingerprint density at radius 1 is 1.00 bits per heavy atom. The summed E-state index contributed by atoms with van der Waals surface area (Å²) in [5, 5.41) is 8.06. The van der Waals surface area contributed by atoms with E-state index in [1.807, 2.05) is 48.5 Å². The van der Waals surface area contributed by atoms with Crippen LogP contribution in [0.2, 0.25) is 5.02 Å². The van der Waals surface area contributed by atoms with Crippen LogP contribution in [0.1, 0.15) is 19.3 Å². The van der Waals surface area contributed by atoms with Gasteiger partial charge in [0.1, 0.15) is 5.82 Å². The summed E-state index contributed by atoms with van der Waals surface area (Å²) in [7, 11) is 0. The van der Waals surface area contributed by atoms with E-state index in [0.29, 0.717) is 10.6 Å². The summed E-state index contributed by atoms with van der Waals surface area (Å²) < 4.78 is 5.42. The number of aromatic amines is 1. The molecule has 0 spiro atoms. The van der Waals surface area contributed by atoms with Gasteiger partial charge in [-0.25, -0.2) is 14.9 Å². The van der Waals surface area contributed by atoms with Gasteiger partial charge in [-0.05, 0) is 43.0 Å². The molecule has 0 aliphatic carbocycles. The number of rotatable bonds is 3. The molecule has 2 aromatic heterocycles. The zero-order valence-electron chi connectivity index (χ0n) is 15.7. The Morgan fingerprint density at radius 2 is 1.79 bits per heavy atom. The molecule has 0 saturated carbocycles. The Labute approximate surface area is 172 Å². The van der Waals surface area contributed by atoms with Gasteiger partial charge in [-0.15, -0.1) is 5.10 Å². The fraction of sp³-hybridized carbons (Fsp3) is 0.227. The molecule has 6 nitrogen and oxygen atoms in total. The highest BCUT2D eigenvalue weighted by Gasteiger charge is 2.26. The summed E-state index contributed by atoms with van der Waals surface area (Å²) in [5.41, 5.74) is 3.46. The highest BCUT2D eigenvalue weighted by molar-refractivity contribution is 6.31. The topological polar surface area (TPSA) is 75.0 Å². The fourth-order valence-electron chi connectivity index (χ4n) is 4.00. The molecule has 2 aromatic carbocycles. The van der Waals surface area contributed by atoms with Crippen LogP contribution < -0.4 is 10.7 Å². The quantitative estimate of drug-likeness (QED) is 0.524. The van der Waals surface area contributed by atoms with Crippen molar-refractivity contribution in [3.63, 3.8) is 0 Å². The molecule has 29 heavy (non-hydrogen) atoms. The molecule has 0 unspecified atom stereocenters. The largest absolute Gasteiger partial charge is 0.434 e. The minimum Gasteiger partial charge on any atom is -0.388 e. The summed E-state index contributed by atoms with van der Waals surface area (Å²) in [6.45, 7) is 1.81. The highest BCUT2D eigenvalue weighted by atomic mass is 35.5. The number of anilines is 1. The number of halogens is 1. The minimum atomic E-state index is -0.588. The molecule has 1 saturated heterocycles. The molecule has 5 rings (SSSR count). The average molecular weight is 407 g/mol. The van der Waals surface area contributed by atoms with E-state index in [1.165, 1.54) is 6.42 Å². The van der Waals surface area contributed by atoms with Gasteiger partial charge in [0, 0.05) is 29.1 Å². The van der Waals surface area contributed by atoms with Gasteiger partial charge < -0.3 is 9.32 Å². The molecule has 1 aliphatic rings. The van der Waals surface area contributed by atoms with Gasteiger partial charge in [0.15, 0.2) is 0 Å². The Morgan fingerprint density at radius 3 is 2.52 bits per heavy atom. The van der Waals surface area contributed by atoms with Crippen LogP contribution in [-0.2, 0) is 0 Å². The zero-order valence-corrected chi connectivity index (χ0v) is 16.4. The van der Waals surface area contributed by atoms with Crippen molar-refractivity contribution in [3.05, 3.63) is 64.1 Å². The van der Waals surface area contributed by atoms with E-state index in [2.05, 4.69) is 15.1 Å². The van der Waals surface area contributed by atoms with E-state index in [0.717, 1.165) is 53.8 Å². The maximum absolute atomic E-state index is 11.8. The van der Waals surface area contributed by atoms with Crippen molar-refractivity contribution in [1.82, 2.24) is 15.2 Å². The molecule has 4 aromatic rings. The van der Waals surface area contributed by atoms with E-state index >= 15 is 0 Å². The number of H-pyrrole nitrogens is 1. The second-order valence-corrected chi connectivity index (χ2v) is 7.62. The van der Waals surface area contributed by atoms with Crippen LogP contribution >= 0.6 is 11.6 Å². The summed E-state index contributed by atoms with van der Waals surface area (Å²) in [6.07, 6.45) is 3.41. The average Bonchev–Trinajstić information content (AvgIpc) is 3.19. The smallest absolute Gasteiger partial charge is 0.388 e. The molecule has 7 heteroatoms. The normalized spacial score (nSPS) is 14.4. The Balaban J connectivity index is 1.90. The first-order valence-electron chi connectivity index (χ1n) is 9.70. The van der Waals surface area contributed by atoms with Crippen molar-refractivity contribution >= 4 is 28.3 Å². The van der Waals surface area contributed by atoms with Crippen molar-refractivity contribution in [2.45, 2.75) is 19.3 Å². The predicted octanol–water partition coefficient (Wildman–Crippen LogP) is 4.89. The van der Waals surface area contributed by atoms with Crippen molar-refractivity contribution in [2.75, 3.05) is 18.0 Å². The van der Waals surface area contributed by atoms with Crippen LogP contribution in [0.5, 0.6) is 0 Å². The number of benzene rings is 2. The molecule has 0 bridgehead atoms. The van der Waals surface area contributed by atoms with E-state index in [4.69, 9.17) is 21.0 Å². The van der Waals surface area contributed by atoms with Gasteiger partial charge in [-0.2, -0.15) is 0 Å². The van der Waals surface area contributed by atoms with Crippen LogP contribution in [0.4, 0.5) is 5.82 Å². The summed E-state index contributed by atoms with van der Waals surface area (Å²) in [6, 6.07) is 15.7. The van der Waals surface area contributed by atoms with Crippen LogP contribution in [0.25, 0.3) is 33.5 Å². The van der Waals surface area contributed by atoms with Gasteiger partial charge in [-0.3, -0.25) is 0 Å². The number of piperidine rings is 1. The number of aromatic nitrogens is 3. The van der Waals surface area contributed by atoms with Crippen molar-refractivity contribution < 1.29 is 4.42 Å². The maximum atomic E-state index is 11.8. The lowest BCUT2D eigenvalue weighted by Crippen LogP contribution is -2.30. The second-order valence-electron chi connectivity index (χ2n) is 7.18. The third-order valence-electron chi connectivity index (χ3n) is 5.30. The first kappa shape index (κ1) is 17.9. The zero-order chi connectivity index (χ0) is 19.8. The van der Waals surface area contributed by atoms with Crippen molar-refractivity contribution in [2.24, 2.45) is 0 Å². The number of nitrogens with zero attached hydrogens (tertiary/aromatic N) is 3. The minimum absolute atomic E-state index is 0.240. The molecule has 0 radical (unpaired) electrons. The van der Waals surface area contributed by atoms with Crippen molar-refractivity contribution in [3.8, 4) is 22.6 Å². The van der Waals surface area contributed by atoms with E-state index in [9.17, 15) is 4.79 Å². The van der Waals surface area contributed by atoms with Gasteiger partial charge in [0.2, 0.25) is 0 Å². The number of nitrogens with one attached hydrogen (secondary N) is 1. The molecule has 1 N–H and O–H groups in total. The first-order valence-corrected chi connectivity index (χ1v) is 10.1. The third-order valence-corrected chi connectivity index (χ3v) is 5.53. The molecule has 146 valence electrons. The number of pyridine rings is 1. The lowest BCUT2D eigenvalue weighted by atomic mass is 9.94. The van der Waals surface area contributed by atoms with Gasteiger partial charge in [0.25, 0.3) is 5.89 Å². The first-order chi connectivity index (χ1) is 14.2. The monoisotopic (exact) mass is 406 g/mol. The Bertz CT molecular complexity index is 1230. The number of hydrogen-bond acceptors (Lipinski definition) is 5. The van der Waals surface area contributed by atoms with E-state index in [1.54, 1.807) is 0 Å². The van der Waals surface area contributed by atoms with Crippen LogP contribution in [0, 0.1) is 0 Å². The number of hydrogen-bond donors (Lipinski definition) is 1. The van der Waals surface area contributed by atoms with Gasteiger partial charge in [0.05, 0.1) is 11.1 Å². The van der Waals surface area contributed by atoms with Crippen LogP contribution in [0.15, 0.2) is 57.7 Å². The van der Waals surface area contributed by atoms with Gasteiger partial charge in [-0.1, -0.05) is 41.9 Å². The summed E-state index contributed by atoms with van der Waals surface area (Å²) in [4.78, 5) is 19.0. The SMILES string of the molecule is O=c1[nH]nc(-c2c(N3CCCCC3)nc3ccc(Cl)cc3c2-c2ccccc2)o1. The van der Waals surface area contributed by atoms with E-state index in [-0.39, 0.29) is 5.89 Å². The standard InChI is InChI=1S/C22H19ClN4O2/c23-15-9-10-17-16(13-15)18(14-7-3-1-4-8-14)19(21-25-26-22(28)29-21)20(24-17)27-11-5-2-6-12-27/h1,3-4,7-10,13H,2,5-6,11-12H2,(H,26,28). The van der Waals surface area contributed by atoms with Crippen molar-refractivity contribution in [1.29, 1.82) is 0 Å². The fourth-order valence-corrected chi connectivity index (χ4v) is 4.17. The maximum Gasteiger partial charge on any atom is 0.434 e.